The van der Waals surface area contributed by atoms with Gasteiger partial charge in [0.15, 0.2) is 11.9 Å². The second kappa shape index (κ2) is 7.18. The Balaban J connectivity index is 1.56. The van der Waals surface area contributed by atoms with E-state index in [4.69, 9.17) is 4.74 Å². The van der Waals surface area contributed by atoms with Crippen LogP contribution in [0.15, 0.2) is 61.2 Å². The van der Waals surface area contributed by atoms with Crippen LogP contribution >= 0.6 is 0 Å². The number of alkyl halides is 2. The van der Waals surface area contributed by atoms with E-state index in [1.165, 1.54) is 19.6 Å². The number of hydrogen-bond donors (Lipinski definition) is 0. The highest BCUT2D eigenvalue weighted by molar-refractivity contribution is 5.89. The molecule has 0 fully saturated rings. The molecule has 0 radical (unpaired) electrons. The molecule has 0 N–H and O–H groups in total. The molecule has 0 aliphatic rings. The number of aromatic nitrogens is 5. The van der Waals surface area contributed by atoms with Gasteiger partial charge in [-0.15, -0.1) is 0 Å². The second-order valence-corrected chi connectivity index (χ2v) is 6.04. The van der Waals surface area contributed by atoms with Crippen molar-refractivity contribution in [1.29, 1.82) is 0 Å². The number of nitrogens with zero attached hydrogens (tertiary/aromatic N) is 5. The van der Waals surface area contributed by atoms with E-state index in [0.717, 1.165) is 10.3 Å². The molecule has 1 atom stereocenters. The van der Waals surface area contributed by atoms with Crippen molar-refractivity contribution in [2.24, 2.45) is 0 Å². The third kappa shape index (κ3) is 3.22. The maximum absolute atomic E-state index is 13.6. The van der Waals surface area contributed by atoms with E-state index in [2.05, 4.69) is 15.1 Å². The van der Waals surface area contributed by atoms with E-state index < -0.39 is 18.6 Å². The third-order valence-electron chi connectivity index (χ3n) is 4.25. The number of fused-ring (bicyclic) bond motifs is 1. The highest BCUT2D eigenvalue weighted by atomic mass is 19.3. The summed E-state index contributed by atoms with van der Waals surface area (Å²) in [6.45, 7) is -1.28. The molecule has 0 saturated heterocycles. The minimum absolute atomic E-state index is 0.0104. The van der Waals surface area contributed by atoms with Crippen LogP contribution in [0.5, 0.6) is 0 Å². The predicted molar refractivity (Wildman–Crippen MR) is 96.2 cm³/mol. The van der Waals surface area contributed by atoms with Crippen molar-refractivity contribution in [3.8, 4) is 5.69 Å². The van der Waals surface area contributed by atoms with Crippen molar-refractivity contribution in [1.82, 2.24) is 24.3 Å². The Kier molecular flexibility index (Phi) is 4.56. The summed E-state index contributed by atoms with van der Waals surface area (Å²) in [4.78, 5) is 20.5. The third-order valence-corrected chi connectivity index (χ3v) is 4.25. The number of imidazole rings is 1. The van der Waals surface area contributed by atoms with Gasteiger partial charge in [0.25, 0.3) is 0 Å². The van der Waals surface area contributed by atoms with Crippen molar-refractivity contribution in [3.63, 3.8) is 0 Å². The van der Waals surface area contributed by atoms with Gasteiger partial charge < -0.3 is 4.74 Å². The van der Waals surface area contributed by atoms with Crippen LogP contribution in [-0.2, 0) is 4.74 Å². The van der Waals surface area contributed by atoms with E-state index in [1.54, 1.807) is 53.2 Å². The lowest BCUT2D eigenvalue weighted by Gasteiger charge is -2.15. The van der Waals surface area contributed by atoms with Gasteiger partial charge in [0.1, 0.15) is 12.7 Å². The Morgan fingerprint density at radius 3 is 2.54 bits per heavy atom. The first kappa shape index (κ1) is 17.8. The van der Waals surface area contributed by atoms with Gasteiger partial charge in [-0.3, -0.25) is 4.57 Å². The summed E-state index contributed by atoms with van der Waals surface area (Å²) in [6.07, 6.45) is 1.98. The average molecular weight is 383 g/mol. The first-order valence-electron chi connectivity index (χ1n) is 8.45. The normalized spacial score (nSPS) is 12.4. The molecule has 0 spiro atoms. The number of ether oxygens (including phenoxy) is 1. The molecule has 28 heavy (non-hydrogen) atoms. The highest BCUT2D eigenvalue weighted by Gasteiger charge is 2.24. The van der Waals surface area contributed by atoms with Crippen molar-refractivity contribution in [2.75, 3.05) is 0 Å². The second-order valence-electron chi connectivity index (χ2n) is 6.04. The van der Waals surface area contributed by atoms with Crippen LogP contribution < -0.4 is 0 Å². The zero-order chi connectivity index (χ0) is 19.7. The zero-order valence-electron chi connectivity index (χ0n) is 14.7. The molecule has 2 aromatic carbocycles. The highest BCUT2D eigenvalue weighted by Crippen LogP contribution is 2.28. The number of hydrogen-bond acceptors (Lipinski definition) is 5. The summed E-state index contributed by atoms with van der Waals surface area (Å²) in [6, 6.07) is 13.1. The number of esters is 1. The van der Waals surface area contributed by atoms with Gasteiger partial charge in [-0.05, 0) is 43.3 Å². The van der Waals surface area contributed by atoms with Gasteiger partial charge in [0.2, 0.25) is 0 Å². The van der Waals surface area contributed by atoms with Crippen molar-refractivity contribution in [3.05, 3.63) is 72.6 Å². The predicted octanol–water partition coefficient (Wildman–Crippen LogP) is 3.93. The molecule has 7 nitrogen and oxygen atoms in total. The SMILES string of the molecule is CC(OC(=O)c1ccc(-n2cncn2)cc1)c1nc2ccccc2n1C(F)F. The maximum atomic E-state index is 13.6. The molecule has 1 unspecified atom stereocenters. The molecule has 2 heterocycles. The molecule has 2 aromatic heterocycles. The molecule has 142 valence electrons. The van der Waals surface area contributed by atoms with Gasteiger partial charge in [0.05, 0.1) is 22.3 Å². The summed E-state index contributed by atoms with van der Waals surface area (Å²) in [5, 5.41) is 4.00. The molecule has 0 saturated carbocycles. The number of benzene rings is 2. The minimum atomic E-state index is -2.80. The fraction of sp³-hybridized carbons (Fsp3) is 0.158. The van der Waals surface area contributed by atoms with Crippen molar-refractivity contribution in [2.45, 2.75) is 19.6 Å². The van der Waals surface area contributed by atoms with Gasteiger partial charge in [-0.2, -0.15) is 13.9 Å². The van der Waals surface area contributed by atoms with Gasteiger partial charge >= 0.3 is 12.5 Å². The molecule has 0 amide bonds. The Morgan fingerprint density at radius 1 is 1.11 bits per heavy atom. The maximum Gasteiger partial charge on any atom is 0.338 e. The lowest BCUT2D eigenvalue weighted by atomic mass is 10.2. The molecular weight excluding hydrogens is 368 g/mol. The van der Waals surface area contributed by atoms with Crippen LogP contribution in [-0.4, -0.2) is 30.3 Å². The average Bonchev–Trinajstić information content (AvgIpc) is 3.36. The largest absolute Gasteiger partial charge is 0.451 e. The Bertz CT molecular complexity index is 1110. The summed E-state index contributed by atoms with van der Waals surface area (Å²) in [5.74, 6) is -0.644. The Hall–Kier alpha value is -3.62. The lowest BCUT2D eigenvalue weighted by molar-refractivity contribution is 0.0233. The lowest BCUT2D eigenvalue weighted by Crippen LogP contribution is -2.14. The van der Waals surface area contributed by atoms with Gasteiger partial charge in [0, 0.05) is 0 Å². The first-order valence-corrected chi connectivity index (χ1v) is 8.45. The number of rotatable bonds is 5. The quantitative estimate of drug-likeness (QED) is 0.488. The molecule has 0 bridgehead atoms. The summed E-state index contributed by atoms with van der Waals surface area (Å²) >= 11 is 0. The zero-order valence-corrected chi connectivity index (χ0v) is 14.7. The van der Waals surface area contributed by atoms with Gasteiger partial charge in [-0.25, -0.2) is 19.4 Å². The molecule has 4 rings (SSSR count). The summed E-state index contributed by atoms with van der Waals surface area (Å²) in [5.41, 5.74) is 1.71. The molecule has 0 aliphatic carbocycles. The fourth-order valence-corrected chi connectivity index (χ4v) is 2.93. The van der Waals surface area contributed by atoms with Crippen molar-refractivity contribution < 1.29 is 18.3 Å². The number of carbonyl (C=O) groups is 1. The minimum Gasteiger partial charge on any atom is -0.451 e. The first-order chi connectivity index (χ1) is 13.5. The summed E-state index contributed by atoms with van der Waals surface area (Å²) < 4.78 is 34.8. The van der Waals surface area contributed by atoms with Crippen LogP contribution in [0.25, 0.3) is 16.7 Å². The van der Waals surface area contributed by atoms with E-state index in [-0.39, 0.29) is 16.9 Å². The number of para-hydroxylation sites is 2. The van der Waals surface area contributed by atoms with Gasteiger partial charge in [-0.1, -0.05) is 12.1 Å². The van der Waals surface area contributed by atoms with Crippen LogP contribution in [0, 0.1) is 0 Å². The Labute approximate surface area is 158 Å². The van der Waals surface area contributed by atoms with E-state index in [0.29, 0.717) is 5.52 Å². The van der Waals surface area contributed by atoms with Crippen molar-refractivity contribution >= 4 is 17.0 Å². The number of carbonyl (C=O) groups excluding carboxylic acids is 1. The molecule has 0 aliphatic heterocycles. The van der Waals surface area contributed by atoms with Crippen LogP contribution in [0.2, 0.25) is 0 Å². The van der Waals surface area contributed by atoms with E-state index in [1.807, 2.05) is 0 Å². The van der Waals surface area contributed by atoms with E-state index in [9.17, 15) is 13.6 Å². The standard InChI is InChI=1S/C19H15F2N5O2/c1-12(17-24-15-4-2-3-5-16(15)26(17)19(20)21)28-18(27)13-6-8-14(9-7-13)25-11-22-10-23-25/h2-12,19H,1H3. The van der Waals surface area contributed by atoms with Crippen LogP contribution in [0.3, 0.4) is 0 Å². The molecular formula is C19H15F2N5O2. The van der Waals surface area contributed by atoms with E-state index >= 15 is 0 Å². The monoisotopic (exact) mass is 383 g/mol. The fourth-order valence-electron chi connectivity index (χ4n) is 2.93. The van der Waals surface area contributed by atoms with Crippen LogP contribution in [0.1, 0.15) is 35.8 Å². The Morgan fingerprint density at radius 2 is 1.86 bits per heavy atom. The van der Waals surface area contributed by atoms with Crippen LogP contribution in [0.4, 0.5) is 8.78 Å². The number of halogens is 2. The topological polar surface area (TPSA) is 74.8 Å². The molecule has 4 aromatic rings. The molecule has 9 heteroatoms. The smallest absolute Gasteiger partial charge is 0.338 e. The summed E-state index contributed by atoms with van der Waals surface area (Å²) in [7, 11) is 0.